The van der Waals surface area contributed by atoms with E-state index in [1.807, 2.05) is 7.05 Å². The minimum Gasteiger partial charge on any atom is -0.304 e. The summed E-state index contributed by atoms with van der Waals surface area (Å²) in [6.45, 7) is 8.91. The van der Waals surface area contributed by atoms with E-state index in [9.17, 15) is 8.42 Å². The van der Waals surface area contributed by atoms with Gasteiger partial charge in [0.25, 0.3) is 10.2 Å². The van der Waals surface area contributed by atoms with Gasteiger partial charge in [-0.15, -0.1) is 0 Å². The monoisotopic (exact) mass is 318 g/mol. The van der Waals surface area contributed by atoms with Gasteiger partial charge in [-0.05, 0) is 45.3 Å². The Hall–Kier alpha value is -0.210. The molecule has 7 heteroatoms. The third-order valence-corrected chi connectivity index (χ3v) is 6.08. The molecule has 0 aliphatic carbocycles. The topological polar surface area (TPSA) is 55.9 Å². The summed E-state index contributed by atoms with van der Waals surface area (Å²) in [5.41, 5.74) is 0. The lowest BCUT2D eigenvalue weighted by Gasteiger charge is -2.34. The van der Waals surface area contributed by atoms with E-state index in [-0.39, 0.29) is 0 Å². The zero-order valence-electron chi connectivity index (χ0n) is 13.4. The summed E-state index contributed by atoms with van der Waals surface area (Å²) in [6.07, 6.45) is 3.48. The van der Waals surface area contributed by atoms with E-state index >= 15 is 0 Å². The van der Waals surface area contributed by atoms with Gasteiger partial charge in [0.15, 0.2) is 0 Å². The van der Waals surface area contributed by atoms with Crippen LogP contribution in [0.3, 0.4) is 0 Å². The highest BCUT2D eigenvalue weighted by Crippen LogP contribution is 2.16. The first-order valence-electron chi connectivity index (χ1n) is 8.17. The highest BCUT2D eigenvalue weighted by Gasteiger charge is 2.27. The van der Waals surface area contributed by atoms with E-state index in [0.717, 1.165) is 39.1 Å². The van der Waals surface area contributed by atoms with Crippen LogP contribution in [0.1, 0.15) is 26.2 Å². The Bertz CT molecular complexity index is 405. The SMILES string of the molecule is CCCN1CCCC(CNS(=O)(=O)N2CCN(C)CC2)C1. The van der Waals surface area contributed by atoms with Crippen molar-refractivity contribution in [1.29, 1.82) is 0 Å². The minimum absolute atomic E-state index is 0.451. The van der Waals surface area contributed by atoms with E-state index in [0.29, 0.717) is 25.6 Å². The van der Waals surface area contributed by atoms with Gasteiger partial charge < -0.3 is 9.80 Å². The number of nitrogens with one attached hydrogen (secondary N) is 1. The zero-order chi connectivity index (χ0) is 15.3. The van der Waals surface area contributed by atoms with Gasteiger partial charge in [-0.1, -0.05) is 6.92 Å². The summed E-state index contributed by atoms with van der Waals surface area (Å²) in [4.78, 5) is 4.62. The fourth-order valence-electron chi connectivity index (χ4n) is 3.18. The number of hydrogen-bond donors (Lipinski definition) is 1. The molecular weight excluding hydrogens is 288 g/mol. The summed E-state index contributed by atoms with van der Waals surface area (Å²) in [5.74, 6) is 0.451. The van der Waals surface area contributed by atoms with Gasteiger partial charge >= 0.3 is 0 Å². The number of piperazine rings is 1. The molecule has 0 aromatic heterocycles. The Labute approximate surface area is 129 Å². The van der Waals surface area contributed by atoms with Crippen LogP contribution in [0.2, 0.25) is 0 Å². The van der Waals surface area contributed by atoms with Gasteiger partial charge in [-0.3, -0.25) is 0 Å². The van der Waals surface area contributed by atoms with Crippen LogP contribution in [0.25, 0.3) is 0 Å². The highest BCUT2D eigenvalue weighted by molar-refractivity contribution is 7.87. The first-order valence-corrected chi connectivity index (χ1v) is 9.61. The van der Waals surface area contributed by atoms with Crippen molar-refractivity contribution in [3.8, 4) is 0 Å². The molecule has 6 nitrogen and oxygen atoms in total. The molecule has 1 unspecified atom stereocenters. The van der Waals surface area contributed by atoms with Crippen molar-refractivity contribution in [2.45, 2.75) is 26.2 Å². The average molecular weight is 318 g/mol. The molecule has 0 radical (unpaired) electrons. The first-order chi connectivity index (χ1) is 10.0. The number of likely N-dealkylation sites (N-methyl/N-ethyl adjacent to an activating group) is 1. The number of piperidine rings is 1. The third-order valence-electron chi connectivity index (χ3n) is 4.50. The molecule has 21 heavy (non-hydrogen) atoms. The summed E-state index contributed by atoms with van der Waals surface area (Å²) in [6, 6.07) is 0. The lowest BCUT2D eigenvalue weighted by molar-refractivity contribution is 0.175. The predicted octanol–water partition coefficient (Wildman–Crippen LogP) is 0.190. The Morgan fingerprint density at radius 2 is 1.86 bits per heavy atom. The number of nitrogens with zero attached hydrogens (tertiary/aromatic N) is 3. The van der Waals surface area contributed by atoms with Crippen LogP contribution in [0.15, 0.2) is 0 Å². The van der Waals surface area contributed by atoms with E-state index in [2.05, 4.69) is 21.4 Å². The van der Waals surface area contributed by atoms with Crippen molar-refractivity contribution in [1.82, 2.24) is 18.8 Å². The lowest BCUT2D eigenvalue weighted by atomic mass is 9.98. The molecule has 2 rings (SSSR count). The molecule has 124 valence electrons. The first kappa shape index (κ1) is 17.1. The Balaban J connectivity index is 1.78. The number of hydrogen-bond acceptors (Lipinski definition) is 4. The van der Waals surface area contributed by atoms with Crippen LogP contribution in [-0.4, -0.2) is 81.9 Å². The van der Waals surface area contributed by atoms with Crippen LogP contribution in [-0.2, 0) is 10.2 Å². The summed E-state index contributed by atoms with van der Waals surface area (Å²) >= 11 is 0. The summed E-state index contributed by atoms with van der Waals surface area (Å²) < 4.78 is 29.1. The maximum atomic E-state index is 12.3. The van der Waals surface area contributed by atoms with Crippen molar-refractivity contribution in [3.63, 3.8) is 0 Å². The van der Waals surface area contributed by atoms with Gasteiger partial charge in [-0.25, -0.2) is 4.72 Å². The maximum absolute atomic E-state index is 12.3. The number of likely N-dealkylation sites (tertiary alicyclic amines) is 1. The third kappa shape index (κ3) is 5.17. The molecule has 2 fully saturated rings. The van der Waals surface area contributed by atoms with Crippen LogP contribution in [0, 0.1) is 5.92 Å². The van der Waals surface area contributed by atoms with Gasteiger partial charge in [0.2, 0.25) is 0 Å². The molecule has 2 saturated heterocycles. The normalized spacial score (nSPS) is 27.0. The smallest absolute Gasteiger partial charge is 0.279 e. The van der Waals surface area contributed by atoms with Gasteiger partial charge in [0, 0.05) is 39.3 Å². The molecule has 1 atom stereocenters. The molecule has 0 saturated carbocycles. The maximum Gasteiger partial charge on any atom is 0.279 e. The van der Waals surface area contributed by atoms with Crippen LogP contribution < -0.4 is 4.72 Å². The second-order valence-corrected chi connectivity index (χ2v) is 8.12. The van der Waals surface area contributed by atoms with Crippen molar-refractivity contribution in [2.24, 2.45) is 5.92 Å². The molecule has 2 aliphatic rings. The molecule has 2 heterocycles. The number of rotatable bonds is 6. The van der Waals surface area contributed by atoms with Crippen molar-refractivity contribution in [2.75, 3.05) is 59.4 Å². The standard InChI is InChI=1S/C14H30N4O2S/c1-3-6-17-7-4-5-14(13-17)12-15-21(19,20)18-10-8-16(2)9-11-18/h14-15H,3-13H2,1-2H3. The lowest BCUT2D eigenvalue weighted by Crippen LogP contribution is -2.52. The Kier molecular flexibility index (Phi) is 6.43. The average Bonchev–Trinajstić information content (AvgIpc) is 2.47. The molecule has 0 amide bonds. The fraction of sp³-hybridized carbons (Fsp3) is 1.00. The Morgan fingerprint density at radius 3 is 2.52 bits per heavy atom. The van der Waals surface area contributed by atoms with Crippen LogP contribution >= 0.6 is 0 Å². The van der Waals surface area contributed by atoms with E-state index < -0.39 is 10.2 Å². The summed E-state index contributed by atoms with van der Waals surface area (Å²) in [7, 11) is -1.27. The van der Waals surface area contributed by atoms with Crippen LogP contribution in [0.4, 0.5) is 0 Å². The highest BCUT2D eigenvalue weighted by atomic mass is 32.2. The van der Waals surface area contributed by atoms with E-state index in [1.54, 1.807) is 4.31 Å². The summed E-state index contributed by atoms with van der Waals surface area (Å²) in [5, 5.41) is 0. The minimum atomic E-state index is -3.30. The van der Waals surface area contributed by atoms with Crippen molar-refractivity contribution < 1.29 is 8.42 Å². The second kappa shape index (κ2) is 7.87. The predicted molar refractivity (Wildman–Crippen MR) is 85.4 cm³/mol. The quantitative estimate of drug-likeness (QED) is 0.760. The van der Waals surface area contributed by atoms with Gasteiger partial charge in [-0.2, -0.15) is 12.7 Å². The van der Waals surface area contributed by atoms with Crippen LogP contribution in [0.5, 0.6) is 0 Å². The molecule has 2 aliphatic heterocycles. The molecule has 0 spiro atoms. The molecule has 0 bridgehead atoms. The van der Waals surface area contributed by atoms with E-state index in [4.69, 9.17) is 0 Å². The van der Waals surface area contributed by atoms with E-state index in [1.165, 1.54) is 12.8 Å². The zero-order valence-corrected chi connectivity index (χ0v) is 14.2. The molecule has 0 aromatic rings. The molecule has 0 aromatic carbocycles. The van der Waals surface area contributed by atoms with Crippen molar-refractivity contribution >= 4 is 10.2 Å². The van der Waals surface area contributed by atoms with Gasteiger partial charge in [0.05, 0.1) is 0 Å². The van der Waals surface area contributed by atoms with Gasteiger partial charge in [0.1, 0.15) is 0 Å². The Morgan fingerprint density at radius 1 is 1.14 bits per heavy atom. The second-order valence-electron chi connectivity index (χ2n) is 6.36. The fourth-order valence-corrected chi connectivity index (χ4v) is 4.45. The van der Waals surface area contributed by atoms with Crippen molar-refractivity contribution in [3.05, 3.63) is 0 Å². The molecule has 1 N–H and O–H groups in total. The molecular formula is C14H30N4O2S. The largest absolute Gasteiger partial charge is 0.304 e.